The van der Waals surface area contributed by atoms with E-state index in [1.54, 1.807) is 7.11 Å². The fraction of sp³-hybridized carbons (Fsp3) is 0.520. The van der Waals surface area contributed by atoms with Gasteiger partial charge >= 0.3 is 0 Å². The van der Waals surface area contributed by atoms with Crippen LogP contribution >= 0.6 is 24.0 Å². The second kappa shape index (κ2) is 12.4. The molecule has 2 saturated heterocycles. The number of nitrogens with zero attached hydrogens (tertiary/aromatic N) is 5. The molecule has 8 heteroatoms. The number of anilines is 1. The number of aromatic nitrogens is 1. The van der Waals surface area contributed by atoms with E-state index < -0.39 is 0 Å². The zero-order chi connectivity index (χ0) is 22.3. The van der Waals surface area contributed by atoms with Crippen LogP contribution in [0.4, 0.5) is 5.82 Å². The van der Waals surface area contributed by atoms with Crippen molar-refractivity contribution in [2.75, 3.05) is 65.4 Å². The fourth-order valence-electron chi connectivity index (χ4n) is 5.04. The maximum Gasteiger partial charge on any atom is 0.193 e. The average molecular weight is 565 g/mol. The number of pyridine rings is 1. The lowest BCUT2D eigenvalue weighted by Crippen LogP contribution is -2.54. The molecule has 2 aromatic rings. The summed E-state index contributed by atoms with van der Waals surface area (Å²) in [4.78, 5) is 16.3. The summed E-state index contributed by atoms with van der Waals surface area (Å²) < 4.78 is 5.35. The number of piperazine rings is 1. The molecule has 3 heterocycles. The normalized spacial score (nSPS) is 22.0. The van der Waals surface area contributed by atoms with Gasteiger partial charge in [-0.25, -0.2) is 4.98 Å². The number of methoxy groups -OCH3 is 1. The molecule has 0 spiro atoms. The SMILES string of the molecule is CN=C(NCC1CCCN(C)C1c1ccc(OC)cc1)N1CCN(c2ccccn2)CC1.I. The van der Waals surface area contributed by atoms with Gasteiger partial charge in [-0.1, -0.05) is 18.2 Å². The van der Waals surface area contributed by atoms with Crippen LogP contribution in [0.5, 0.6) is 5.75 Å². The standard InChI is InChI=1S/C25H36N6O.HI/c1-26-25(31-17-15-30(16-18-31)23-8-4-5-13-27-23)28-19-21-7-6-14-29(2)24(21)20-9-11-22(32-3)12-10-20;/h4-5,8-13,21,24H,6-7,14-19H2,1-3H3,(H,26,28);1H. The molecule has 0 aliphatic carbocycles. The van der Waals surface area contributed by atoms with Gasteiger partial charge in [0.25, 0.3) is 0 Å². The number of benzene rings is 1. The van der Waals surface area contributed by atoms with Gasteiger partial charge in [-0.15, -0.1) is 24.0 Å². The Morgan fingerprint density at radius 2 is 1.85 bits per heavy atom. The molecular weight excluding hydrogens is 527 g/mol. The summed E-state index contributed by atoms with van der Waals surface area (Å²) in [5, 5.41) is 3.70. The van der Waals surface area contributed by atoms with Gasteiger partial charge in [0.15, 0.2) is 5.96 Å². The second-order valence-electron chi connectivity index (χ2n) is 8.69. The Balaban J connectivity index is 0.00000306. The maximum absolute atomic E-state index is 5.35. The Kier molecular flexibility index (Phi) is 9.61. The molecule has 2 unspecified atom stereocenters. The lowest BCUT2D eigenvalue weighted by Gasteiger charge is -2.41. The Bertz CT molecular complexity index is 870. The van der Waals surface area contributed by atoms with Crippen molar-refractivity contribution >= 4 is 35.8 Å². The molecule has 0 amide bonds. The smallest absolute Gasteiger partial charge is 0.193 e. The summed E-state index contributed by atoms with van der Waals surface area (Å²) in [6.45, 7) is 5.87. The molecule has 4 rings (SSSR count). The first-order valence-electron chi connectivity index (χ1n) is 11.7. The monoisotopic (exact) mass is 564 g/mol. The van der Waals surface area contributed by atoms with Crippen molar-refractivity contribution < 1.29 is 4.74 Å². The molecule has 1 aromatic carbocycles. The van der Waals surface area contributed by atoms with Crippen LogP contribution in [0.25, 0.3) is 0 Å². The number of aliphatic imine (C=N–C) groups is 1. The number of piperidine rings is 1. The van der Waals surface area contributed by atoms with Crippen LogP contribution < -0.4 is 15.0 Å². The van der Waals surface area contributed by atoms with E-state index in [-0.39, 0.29) is 24.0 Å². The second-order valence-corrected chi connectivity index (χ2v) is 8.69. The highest BCUT2D eigenvalue weighted by Crippen LogP contribution is 2.35. The molecule has 7 nitrogen and oxygen atoms in total. The molecule has 0 bridgehead atoms. The number of ether oxygens (including phenoxy) is 1. The van der Waals surface area contributed by atoms with E-state index in [0.29, 0.717) is 12.0 Å². The van der Waals surface area contributed by atoms with E-state index in [4.69, 9.17) is 4.74 Å². The van der Waals surface area contributed by atoms with Gasteiger partial charge in [-0.05, 0) is 62.2 Å². The van der Waals surface area contributed by atoms with Crippen LogP contribution in [-0.4, -0.2) is 81.2 Å². The highest BCUT2D eigenvalue weighted by molar-refractivity contribution is 14.0. The van der Waals surface area contributed by atoms with Gasteiger partial charge in [0.05, 0.1) is 7.11 Å². The van der Waals surface area contributed by atoms with Gasteiger partial charge < -0.3 is 19.9 Å². The molecule has 1 N–H and O–H groups in total. The Labute approximate surface area is 215 Å². The number of guanidine groups is 1. The first-order valence-corrected chi connectivity index (χ1v) is 11.7. The number of hydrogen-bond donors (Lipinski definition) is 1. The van der Waals surface area contributed by atoms with Crippen LogP contribution in [0.15, 0.2) is 53.7 Å². The highest BCUT2D eigenvalue weighted by atomic mass is 127. The van der Waals surface area contributed by atoms with E-state index in [2.05, 4.69) is 73.4 Å². The Hall–Kier alpha value is -2.07. The predicted molar refractivity (Wildman–Crippen MR) is 146 cm³/mol. The van der Waals surface area contributed by atoms with Crippen LogP contribution in [0.1, 0.15) is 24.4 Å². The predicted octanol–water partition coefficient (Wildman–Crippen LogP) is 3.49. The van der Waals surface area contributed by atoms with Crippen LogP contribution in [0.2, 0.25) is 0 Å². The van der Waals surface area contributed by atoms with Crippen LogP contribution in [-0.2, 0) is 0 Å². The molecule has 2 aliphatic heterocycles. The van der Waals surface area contributed by atoms with Crippen molar-refractivity contribution in [3.63, 3.8) is 0 Å². The largest absolute Gasteiger partial charge is 0.497 e. The summed E-state index contributed by atoms with van der Waals surface area (Å²) in [5.74, 6) is 3.51. The minimum Gasteiger partial charge on any atom is -0.497 e. The van der Waals surface area contributed by atoms with Crippen molar-refractivity contribution in [1.29, 1.82) is 0 Å². The van der Waals surface area contributed by atoms with E-state index in [1.807, 2.05) is 19.3 Å². The third kappa shape index (κ3) is 6.29. The number of nitrogens with one attached hydrogen (secondary N) is 1. The molecule has 1 aromatic heterocycles. The third-order valence-electron chi connectivity index (χ3n) is 6.75. The van der Waals surface area contributed by atoms with Crippen molar-refractivity contribution in [1.82, 2.24) is 20.1 Å². The molecule has 0 saturated carbocycles. The molecule has 2 aliphatic rings. The lowest BCUT2D eigenvalue weighted by molar-refractivity contribution is 0.122. The van der Waals surface area contributed by atoms with Gasteiger partial charge in [0.1, 0.15) is 11.6 Å². The van der Waals surface area contributed by atoms with Crippen LogP contribution in [0.3, 0.4) is 0 Å². The first-order chi connectivity index (χ1) is 15.7. The van der Waals surface area contributed by atoms with Crippen LogP contribution in [0, 0.1) is 5.92 Å². The van der Waals surface area contributed by atoms with E-state index in [1.165, 1.54) is 18.4 Å². The van der Waals surface area contributed by atoms with E-state index >= 15 is 0 Å². The third-order valence-corrected chi connectivity index (χ3v) is 6.75. The summed E-state index contributed by atoms with van der Waals surface area (Å²) in [6, 6.07) is 15.1. The Morgan fingerprint density at radius 1 is 1.09 bits per heavy atom. The molecule has 0 radical (unpaired) electrons. The number of rotatable bonds is 5. The van der Waals surface area contributed by atoms with Crippen molar-refractivity contribution in [3.05, 3.63) is 54.2 Å². The van der Waals surface area contributed by atoms with Gasteiger partial charge in [0.2, 0.25) is 0 Å². The number of hydrogen-bond acceptors (Lipinski definition) is 5. The fourth-order valence-corrected chi connectivity index (χ4v) is 5.04. The molecule has 33 heavy (non-hydrogen) atoms. The average Bonchev–Trinajstić information content (AvgIpc) is 2.85. The molecule has 2 atom stereocenters. The lowest BCUT2D eigenvalue weighted by atomic mass is 9.85. The van der Waals surface area contributed by atoms with Gasteiger partial charge in [-0.3, -0.25) is 9.89 Å². The van der Waals surface area contributed by atoms with Crippen molar-refractivity contribution in [2.45, 2.75) is 18.9 Å². The van der Waals surface area contributed by atoms with Gasteiger partial charge in [0, 0.05) is 52.0 Å². The highest BCUT2D eigenvalue weighted by Gasteiger charge is 2.31. The molecular formula is C25H37IN6O. The van der Waals surface area contributed by atoms with Gasteiger partial charge in [-0.2, -0.15) is 0 Å². The molecule has 180 valence electrons. The summed E-state index contributed by atoms with van der Waals surface area (Å²) in [6.07, 6.45) is 4.32. The Morgan fingerprint density at radius 3 is 2.48 bits per heavy atom. The molecule has 2 fully saturated rings. The summed E-state index contributed by atoms with van der Waals surface area (Å²) in [5.41, 5.74) is 1.36. The van der Waals surface area contributed by atoms with E-state index in [9.17, 15) is 0 Å². The summed E-state index contributed by atoms with van der Waals surface area (Å²) >= 11 is 0. The minimum absolute atomic E-state index is 0. The van der Waals surface area contributed by atoms with E-state index in [0.717, 1.165) is 56.8 Å². The number of likely N-dealkylation sites (tertiary alicyclic amines) is 1. The first kappa shape index (κ1) is 25.6. The zero-order valence-corrected chi connectivity index (χ0v) is 22.3. The zero-order valence-electron chi connectivity index (χ0n) is 20.0. The number of halogens is 1. The maximum atomic E-state index is 5.35. The minimum atomic E-state index is 0. The topological polar surface area (TPSA) is 56.2 Å². The van der Waals surface area contributed by atoms with Crippen molar-refractivity contribution in [2.24, 2.45) is 10.9 Å². The quantitative estimate of drug-likeness (QED) is 0.341. The van der Waals surface area contributed by atoms with Crippen molar-refractivity contribution in [3.8, 4) is 5.75 Å². The summed E-state index contributed by atoms with van der Waals surface area (Å²) in [7, 11) is 5.85.